The van der Waals surface area contributed by atoms with Gasteiger partial charge in [-0.15, -0.1) is 0 Å². The van der Waals surface area contributed by atoms with Crippen molar-refractivity contribution in [3.05, 3.63) is 35.7 Å². The van der Waals surface area contributed by atoms with Crippen LogP contribution in [0.25, 0.3) is 6.08 Å². The van der Waals surface area contributed by atoms with E-state index in [0.717, 1.165) is 11.3 Å². The van der Waals surface area contributed by atoms with Crippen molar-refractivity contribution in [2.24, 2.45) is 17.3 Å². The fourth-order valence-corrected chi connectivity index (χ4v) is 4.76. The molecule has 9 heteroatoms. The van der Waals surface area contributed by atoms with E-state index in [1.54, 1.807) is 33.9 Å². The van der Waals surface area contributed by atoms with Gasteiger partial charge in [0.1, 0.15) is 11.9 Å². The first-order chi connectivity index (χ1) is 16.3. The van der Waals surface area contributed by atoms with Crippen molar-refractivity contribution < 1.29 is 29.3 Å². The van der Waals surface area contributed by atoms with Crippen LogP contribution in [0, 0.1) is 17.3 Å². The molecule has 1 aromatic rings. The van der Waals surface area contributed by atoms with Crippen LogP contribution in [0.3, 0.4) is 0 Å². The Bertz CT molecular complexity index is 939. The van der Waals surface area contributed by atoms with E-state index in [2.05, 4.69) is 10.3 Å². The normalized spacial score (nSPS) is 37.3. The van der Waals surface area contributed by atoms with Crippen LogP contribution in [-0.4, -0.2) is 69.5 Å². The molecule has 2 fully saturated rings. The number of alkyl halides is 1. The third-order valence-electron chi connectivity index (χ3n) is 7.20. The molecular weight excluding hydrogens is 472 g/mol. The number of epoxide rings is 1. The Balaban J connectivity index is 1.86. The van der Waals surface area contributed by atoms with Crippen molar-refractivity contribution in [3.63, 3.8) is 0 Å². The Hall–Kier alpha value is -1.84. The van der Waals surface area contributed by atoms with Crippen LogP contribution < -0.4 is 5.32 Å². The number of fused-ring (bicyclic) bond motifs is 1. The van der Waals surface area contributed by atoms with Crippen molar-refractivity contribution in [2.75, 3.05) is 13.2 Å². The van der Waals surface area contributed by atoms with Gasteiger partial charge in [-0.1, -0.05) is 45.4 Å². The van der Waals surface area contributed by atoms with Gasteiger partial charge in [0.2, 0.25) is 5.91 Å². The SMILES string of the molecule is C/C(=C\c1ccccn1)[C@H]1CC2OC2(Cl)COC[C@@H](C)[C@@H](O)[C@@H](C)C(=O)C(C)(C)[C@@H](O)CC(=O)N1. The van der Waals surface area contributed by atoms with Crippen LogP contribution in [0.2, 0.25) is 0 Å². The summed E-state index contributed by atoms with van der Waals surface area (Å²) in [6, 6.07) is 5.14. The summed E-state index contributed by atoms with van der Waals surface area (Å²) in [5, 5.41) is 23.5. The summed E-state index contributed by atoms with van der Waals surface area (Å²) in [5.74, 6) is -1.80. The quantitative estimate of drug-likeness (QED) is 0.414. The fourth-order valence-electron chi connectivity index (χ4n) is 4.49. The highest BCUT2D eigenvalue weighted by molar-refractivity contribution is 6.25. The summed E-state index contributed by atoms with van der Waals surface area (Å²) in [7, 11) is 0. The number of aliphatic hydroxyl groups excluding tert-OH is 2. The van der Waals surface area contributed by atoms with Crippen LogP contribution in [0.1, 0.15) is 53.2 Å². The average molecular weight is 509 g/mol. The third-order valence-corrected chi connectivity index (χ3v) is 7.64. The summed E-state index contributed by atoms with van der Waals surface area (Å²) in [5.41, 5.74) is 0.370. The molecule has 1 amide bonds. The number of nitrogens with zero attached hydrogens (tertiary/aromatic N) is 1. The van der Waals surface area contributed by atoms with Gasteiger partial charge in [0.15, 0.2) is 5.06 Å². The molecule has 0 bridgehead atoms. The number of Topliss-reactive ketones (excluding diaryl/α,β-unsaturated/α-hetero) is 1. The van der Waals surface area contributed by atoms with Crippen molar-refractivity contribution in [1.29, 1.82) is 0 Å². The van der Waals surface area contributed by atoms with E-state index < -0.39 is 40.6 Å². The average Bonchev–Trinajstić information content (AvgIpc) is 3.45. The standard InChI is InChI=1S/C26H37ClN2O6/c1-15(10-18-8-6-7-9-28-18)19-11-21-26(27,35-21)14-34-13-16(2)23(32)17(3)24(33)25(4,5)20(30)12-22(31)29-19/h6-10,16-17,19-21,23,30,32H,11-14H2,1-5H3,(H,29,31)/b15-10+/t16-,17-,19-,20+,21?,23-,26?/m1/s1. The number of carbonyl (C=O) groups is 2. The third kappa shape index (κ3) is 6.68. The number of carbonyl (C=O) groups excluding carboxylic acids is 2. The maximum absolute atomic E-state index is 13.2. The Labute approximate surface area is 212 Å². The predicted octanol–water partition coefficient (Wildman–Crippen LogP) is 2.70. The highest BCUT2D eigenvalue weighted by atomic mass is 35.5. The Morgan fingerprint density at radius 2 is 1.97 bits per heavy atom. The molecule has 3 rings (SSSR count). The molecule has 8 nitrogen and oxygen atoms in total. The second kappa shape index (κ2) is 11.0. The minimum Gasteiger partial charge on any atom is -0.392 e. The molecule has 3 heterocycles. The summed E-state index contributed by atoms with van der Waals surface area (Å²) in [6.45, 7) is 8.84. The van der Waals surface area contributed by atoms with Gasteiger partial charge in [-0.2, -0.15) is 0 Å². The molecule has 0 aliphatic carbocycles. The lowest BCUT2D eigenvalue weighted by molar-refractivity contribution is -0.143. The van der Waals surface area contributed by atoms with Crippen LogP contribution in [-0.2, 0) is 19.1 Å². The molecule has 2 aliphatic rings. The number of ether oxygens (including phenoxy) is 2. The maximum Gasteiger partial charge on any atom is 0.223 e. The summed E-state index contributed by atoms with van der Waals surface area (Å²) >= 11 is 6.59. The molecule has 2 unspecified atom stereocenters. The summed E-state index contributed by atoms with van der Waals surface area (Å²) < 4.78 is 11.5. The lowest BCUT2D eigenvalue weighted by Crippen LogP contribution is -2.48. The van der Waals surface area contributed by atoms with Gasteiger partial charge in [-0.3, -0.25) is 14.6 Å². The number of amides is 1. The first-order valence-corrected chi connectivity index (χ1v) is 12.5. The topological polar surface area (TPSA) is 121 Å². The number of hydrogen-bond acceptors (Lipinski definition) is 7. The second-order valence-corrected chi connectivity index (χ2v) is 11.1. The smallest absolute Gasteiger partial charge is 0.223 e. The Kier molecular flexibility index (Phi) is 8.76. The van der Waals surface area contributed by atoms with Gasteiger partial charge >= 0.3 is 0 Å². The summed E-state index contributed by atoms with van der Waals surface area (Å²) in [4.78, 5) is 30.5. The minimum absolute atomic E-state index is 0.118. The van der Waals surface area contributed by atoms with E-state index in [0.29, 0.717) is 6.42 Å². The van der Waals surface area contributed by atoms with Crippen LogP contribution in [0.5, 0.6) is 0 Å². The van der Waals surface area contributed by atoms with E-state index in [1.165, 1.54) is 0 Å². The van der Waals surface area contributed by atoms with Crippen LogP contribution in [0.15, 0.2) is 30.0 Å². The molecule has 0 saturated carbocycles. The van der Waals surface area contributed by atoms with E-state index in [4.69, 9.17) is 21.1 Å². The Morgan fingerprint density at radius 3 is 2.63 bits per heavy atom. The van der Waals surface area contributed by atoms with Crippen molar-refractivity contribution in [1.82, 2.24) is 10.3 Å². The largest absolute Gasteiger partial charge is 0.392 e. The Morgan fingerprint density at radius 1 is 1.26 bits per heavy atom. The molecule has 194 valence electrons. The highest BCUT2D eigenvalue weighted by Gasteiger charge is 2.56. The molecule has 3 N–H and O–H groups in total. The number of aromatic nitrogens is 1. The lowest BCUT2D eigenvalue weighted by Gasteiger charge is -2.34. The summed E-state index contributed by atoms with van der Waals surface area (Å²) in [6.07, 6.45) is 1.17. The number of pyridine rings is 1. The monoisotopic (exact) mass is 508 g/mol. The maximum atomic E-state index is 13.2. The van der Waals surface area contributed by atoms with Gasteiger partial charge in [0.05, 0.1) is 49.0 Å². The molecule has 0 aromatic carbocycles. The first kappa shape index (κ1) is 27.7. The number of ketones is 1. The molecule has 35 heavy (non-hydrogen) atoms. The predicted molar refractivity (Wildman–Crippen MR) is 132 cm³/mol. The van der Waals surface area contributed by atoms with Crippen molar-refractivity contribution in [3.8, 4) is 0 Å². The van der Waals surface area contributed by atoms with E-state index in [1.807, 2.05) is 31.2 Å². The number of aliphatic hydroxyl groups is 2. The molecule has 7 atom stereocenters. The number of nitrogens with one attached hydrogen (secondary N) is 1. The van der Waals surface area contributed by atoms with Gasteiger partial charge in [0.25, 0.3) is 0 Å². The molecule has 1 aromatic heterocycles. The van der Waals surface area contributed by atoms with Crippen LogP contribution in [0.4, 0.5) is 0 Å². The number of halogens is 1. The van der Waals surface area contributed by atoms with Gasteiger partial charge in [-0.25, -0.2) is 0 Å². The minimum atomic E-state index is -1.23. The fraction of sp³-hybridized carbons (Fsp3) is 0.654. The molecule has 0 radical (unpaired) electrons. The highest BCUT2D eigenvalue weighted by Crippen LogP contribution is 2.44. The van der Waals surface area contributed by atoms with E-state index in [9.17, 15) is 19.8 Å². The zero-order chi connectivity index (χ0) is 26.0. The van der Waals surface area contributed by atoms with E-state index >= 15 is 0 Å². The number of hydrogen-bond donors (Lipinski definition) is 3. The van der Waals surface area contributed by atoms with Gasteiger partial charge in [0, 0.05) is 24.5 Å². The van der Waals surface area contributed by atoms with Gasteiger partial charge in [-0.05, 0) is 30.7 Å². The first-order valence-electron chi connectivity index (χ1n) is 12.1. The van der Waals surface area contributed by atoms with Crippen molar-refractivity contribution in [2.45, 2.75) is 76.9 Å². The lowest BCUT2D eigenvalue weighted by atomic mass is 9.73. The zero-order valence-electron chi connectivity index (χ0n) is 21.0. The van der Waals surface area contributed by atoms with Crippen LogP contribution >= 0.6 is 11.6 Å². The van der Waals surface area contributed by atoms with E-state index in [-0.39, 0.29) is 37.4 Å². The molecule has 2 saturated heterocycles. The molecular formula is C26H37ClN2O6. The van der Waals surface area contributed by atoms with Crippen molar-refractivity contribution >= 4 is 29.4 Å². The zero-order valence-corrected chi connectivity index (χ0v) is 21.8. The molecule has 0 spiro atoms. The van der Waals surface area contributed by atoms with Gasteiger partial charge < -0.3 is 25.0 Å². The second-order valence-electron chi connectivity index (χ2n) is 10.5. The number of rotatable bonds is 2. The molecule has 2 aliphatic heterocycles.